The number of rotatable bonds is 3. The van der Waals surface area contributed by atoms with Crippen LogP contribution in [0.2, 0.25) is 0 Å². The van der Waals surface area contributed by atoms with E-state index in [1.54, 1.807) is 6.07 Å². The van der Waals surface area contributed by atoms with Crippen LogP contribution in [0.15, 0.2) is 10.6 Å². The third-order valence-electron chi connectivity index (χ3n) is 4.03. The van der Waals surface area contributed by atoms with Crippen LogP contribution in [0.3, 0.4) is 0 Å². The molecule has 0 aromatic carbocycles. The summed E-state index contributed by atoms with van der Waals surface area (Å²) in [4.78, 5) is 25.2. The summed E-state index contributed by atoms with van der Waals surface area (Å²) in [5, 5.41) is 13.1. The molecule has 1 aromatic heterocycles. The van der Waals surface area contributed by atoms with E-state index in [2.05, 4.69) is 5.16 Å². The van der Waals surface area contributed by atoms with Crippen LogP contribution in [0.5, 0.6) is 0 Å². The van der Waals surface area contributed by atoms with Crippen LogP contribution in [-0.2, 0) is 4.79 Å². The largest absolute Gasteiger partial charge is 0.480 e. The van der Waals surface area contributed by atoms with Crippen LogP contribution in [0.25, 0.3) is 0 Å². The van der Waals surface area contributed by atoms with Gasteiger partial charge in [0, 0.05) is 18.5 Å². The highest BCUT2D eigenvalue weighted by Crippen LogP contribution is 2.40. The van der Waals surface area contributed by atoms with Gasteiger partial charge in [-0.25, -0.2) is 4.79 Å². The SMILES string of the molecule is O=C(O)C1CCCCCN1C(=O)c1cc(C2CC2)on1. The van der Waals surface area contributed by atoms with E-state index < -0.39 is 12.0 Å². The highest BCUT2D eigenvalue weighted by molar-refractivity contribution is 5.95. The summed E-state index contributed by atoms with van der Waals surface area (Å²) in [5.41, 5.74) is 0.236. The lowest BCUT2D eigenvalue weighted by molar-refractivity contribution is -0.142. The topological polar surface area (TPSA) is 83.6 Å². The van der Waals surface area contributed by atoms with Gasteiger partial charge in [0.05, 0.1) is 0 Å². The maximum Gasteiger partial charge on any atom is 0.326 e. The van der Waals surface area contributed by atoms with Crippen molar-refractivity contribution in [2.45, 2.75) is 50.5 Å². The minimum atomic E-state index is -0.939. The molecule has 0 radical (unpaired) electrons. The van der Waals surface area contributed by atoms with Gasteiger partial charge in [-0.15, -0.1) is 0 Å². The Morgan fingerprint density at radius 2 is 2.05 bits per heavy atom. The van der Waals surface area contributed by atoms with Gasteiger partial charge in [0.2, 0.25) is 0 Å². The van der Waals surface area contributed by atoms with Crippen LogP contribution in [0.4, 0.5) is 0 Å². The van der Waals surface area contributed by atoms with Crippen LogP contribution >= 0.6 is 0 Å². The Bertz CT molecular complexity index is 521. The predicted molar refractivity (Wildman–Crippen MR) is 69.4 cm³/mol. The van der Waals surface area contributed by atoms with Crippen molar-refractivity contribution in [3.05, 3.63) is 17.5 Å². The van der Waals surface area contributed by atoms with E-state index in [9.17, 15) is 14.7 Å². The fraction of sp³-hybridized carbons (Fsp3) is 0.643. The lowest BCUT2D eigenvalue weighted by Gasteiger charge is -2.25. The molecule has 1 aliphatic carbocycles. The molecule has 1 unspecified atom stereocenters. The zero-order valence-corrected chi connectivity index (χ0v) is 11.2. The number of likely N-dealkylation sites (tertiary alicyclic amines) is 1. The third kappa shape index (κ3) is 2.55. The Morgan fingerprint density at radius 3 is 2.75 bits per heavy atom. The van der Waals surface area contributed by atoms with E-state index in [1.165, 1.54) is 4.90 Å². The Labute approximate surface area is 116 Å². The van der Waals surface area contributed by atoms with Gasteiger partial charge in [-0.2, -0.15) is 0 Å². The summed E-state index contributed by atoms with van der Waals surface area (Å²) in [6, 6.07) is 0.926. The van der Waals surface area contributed by atoms with Crippen molar-refractivity contribution >= 4 is 11.9 Å². The van der Waals surface area contributed by atoms with E-state index in [4.69, 9.17) is 4.52 Å². The molecule has 1 aliphatic heterocycles. The van der Waals surface area contributed by atoms with Crippen LogP contribution < -0.4 is 0 Å². The summed E-state index contributed by atoms with van der Waals surface area (Å²) < 4.78 is 5.18. The molecule has 1 amide bonds. The highest BCUT2D eigenvalue weighted by atomic mass is 16.5. The molecule has 1 saturated carbocycles. The van der Waals surface area contributed by atoms with Gasteiger partial charge in [0.15, 0.2) is 5.69 Å². The van der Waals surface area contributed by atoms with Gasteiger partial charge >= 0.3 is 5.97 Å². The molecule has 6 nitrogen and oxygen atoms in total. The van der Waals surface area contributed by atoms with E-state index in [1.807, 2.05) is 0 Å². The average Bonchev–Trinajstić information content (AvgIpc) is 3.20. The normalized spacial score (nSPS) is 23.4. The predicted octanol–water partition coefficient (Wildman–Crippen LogP) is 2.02. The number of carbonyl (C=O) groups is 2. The van der Waals surface area contributed by atoms with Crippen molar-refractivity contribution in [1.29, 1.82) is 0 Å². The van der Waals surface area contributed by atoms with Crippen LogP contribution in [0.1, 0.15) is 60.7 Å². The second-order valence-corrected chi connectivity index (χ2v) is 5.59. The number of nitrogens with zero attached hydrogens (tertiary/aromatic N) is 2. The summed E-state index contributed by atoms with van der Waals surface area (Å²) in [7, 11) is 0. The maximum atomic E-state index is 12.5. The molecule has 0 spiro atoms. The maximum absolute atomic E-state index is 12.5. The van der Waals surface area contributed by atoms with Gasteiger partial charge < -0.3 is 14.5 Å². The number of hydrogen-bond donors (Lipinski definition) is 1. The van der Waals surface area contributed by atoms with Crippen molar-refractivity contribution < 1.29 is 19.2 Å². The second-order valence-electron chi connectivity index (χ2n) is 5.59. The number of hydrogen-bond acceptors (Lipinski definition) is 4. The van der Waals surface area contributed by atoms with Crippen molar-refractivity contribution in [3.63, 3.8) is 0 Å². The van der Waals surface area contributed by atoms with Gasteiger partial charge in [-0.1, -0.05) is 18.0 Å². The Morgan fingerprint density at radius 1 is 1.25 bits per heavy atom. The summed E-state index contributed by atoms with van der Waals surface area (Å²) in [6.45, 7) is 0.474. The number of carboxylic acids is 1. The summed E-state index contributed by atoms with van der Waals surface area (Å²) >= 11 is 0. The van der Waals surface area contributed by atoms with E-state index in [0.29, 0.717) is 18.9 Å². The molecular formula is C14H18N2O4. The average molecular weight is 278 g/mol. The number of aliphatic carboxylic acids is 1. The summed E-state index contributed by atoms with van der Waals surface area (Å²) in [6.07, 6.45) is 5.29. The first kappa shape index (κ1) is 13.1. The second kappa shape index (κ2) is 5.26. The molecule has 2 aliphatic rings. The quantitative estimate of drug-likeness (QED) is 0.914. The Balaban J connectivity index is 1.79. The molecule has 1 atom stereocenters. The number of amides is 1. The molecule has 1 saturated heterocycles. The molecule has 2 heterocycles. The number of carboxylic acid groups (broad SMARTS) is 1. The van der Waals surface area contributed by atoms with Gasteiger partial charge in [-0.3, -0.25) is 4.79 Å². The zero-order valence-electron chi connectivity index (χ0n) is 11.2. The summed E-state index contributed by atoms with van der Waals surface area (Å²) in [5.74, 6) is -0.125. The van der Waals surface area contributed by atoms with E-state index >= 15 is 0 Å². The standard InChI is InChI=1S/C14H18N2O4/c17-13(10-8-12(20-15-10)9-5-6-9)16-7-3-1-2-4-11(16)14(18)19/h8-9,11H,1-7H2,(H,18,19). The lowest BCUT2D eigenvalue weighted by atomic mass is 10.1. The molecule has 0 bridgehead atoms. The first-order chi connectivity index (χ1) is 9.66. The van der Waals surface area contributed by atoms with Gasteiger partial charge in [-0.05, 0) is 25.7 Å². The van der Waals surface area contributed by atoms with Crippen molar-refractivity contribution in [1.82, 2.24) is 10.1 Å². The van der Waals surface area contributed by atoms with Crippen molar-refractivity contribution in [2.75, 3.05) is 6.54 Å². The van der Waals surface area contributed by atoms with E-state index in [0.717, 1.165) is 37.9 Å². The molecule has 20 heavy (non-hydrogen) atoms. The number of aromatic nitrogens is 1. The van der Waals surface area contributed by atoms with E-state index in [-0.39, 0.29) is 11.6 Å². The third-order valence-corrected chi connectivity index (χ3v) is 4.03. The lowest BCUT2D eigenvalue weighted by Crippen LogP contribution is -2.44. The molecular weight excluding hydrogens is 260 g/mol. The fourth-order valence-corrected chi connectivity index (χ4v) is 2.71. The minimum Gasteiger partial charge on any atom is -0.480 e. The highest BCUT2D eigenvalue weighted by Gasteiger charge is 2.34. The smallest absolute Gasteiger partial charge is 0.326 e. The molecule has 2 fully saturated rings. The molecule has 108 valence electrons. The van der Waals surface area contributed by atoms with Crippen molar-refractivity contribution in [2.24, 2.45) is 0 Å². The van der Waals surface area contributed by atoms with Crippen LogP contribution in [-0.4, -0.2) is 39.6 Å². The monoisotopic (exact) mass is 278 g/mol. The first-order valence-electron chi connectivity index (χ1n) is 7.17. The first-order valence-corrected chi connectivity index (χ1v) is 7.17. The van der Waals surface area contributed by atoms with Gasteiger partial charge in [0.1, 0.15) is 11.8 Å². The molecule has 3 rings (SSSR count). The van der Waals surface area contributed by atoms with Crippen molar-refractivity contribution in [3.8, 4) is 0 Å². The minimum absolute atomic E-state index is 0.236. The molecule has 1 aromatic rings. The molecule has 1 N–H and O–H groups in total. The Kier molecular flexibility index (Phi) is 3.46. The van der Waals surface area contributed by atoms with Gasteiger partial charge in [0.25, 0.3) is 5.91 Å². The number of carbonyl (C=O) groups excluding carboxylic acids is 1. The fourth-order valence-electron chi connectivity index (χ4n) is 2.71. The molecule has 6 heteroatoms. The zero-order chi connectivity index (χ0) is 14.1. The Hall–Kier alpha value is -1.85. The van der Waals surface area contributed by atoms with Crippen LogP contribution in [0, 0.1) is 0 Å².